The number of rotatable bonds is 5. The minimum Gasteiger partial charge on any atom is -0.466 e. The van der Waals surface area contributed by atoms with Gasteiger partial charge in [-0.2, -0.15) is 0 Å². The second-order valence-corrected chi connectivity index (χ2v) is 6.54. The number of Topliss-reactive ketones (excluding diaryl/α,β-unsaturated/α-hetero) is 1. The highest BCUT2D eigenvalue weighted by Gasteiger charge is 2.57. The molecule has 7 heteroatoms. The van der Waals surface area contributed by atoms with Crippen molar-refractivity contribution in [2.45, 2.75) is 38.7 Å². The van der Waals surface area contributed by atoms with E-state index in [1.165, 1.54) is 25.1 Å². The van der Waals surface area contributed by atoms with Crippen LogP contribution >= 0.6 is 0 Å². The first-order valence-corrected chi connectivity index (χ1v) is 8.56. The van der Waals surface area contributed by atoms with E-state index in [1.54, 1.807) is 13.8 Å². The molecule has 1 aliphatic rings. The van der Waals surface area contributed by atoms with Crippen molar-refractivity contribution in [1.29, 1.82) is 0 Å². The summed E-state index contributed by atoms with van der Waals surface area (Å²) in [6.07, 6.45) is -0.397. The fraction of sp³-hybridized carbons (Fsp3) is 0.526. The van der Waals surface area contributed by atoms with E-state index in [0.29, 0.717) is 0 Å². The van der Waals surface area contributed by atoms with Gasteiger partial charge in [-0.25, -0.2) is 4.39 Å². The van der Waals surface area contributed by atoms with E-state index in [1.807, 2.05) is 0 Å². The molecule has 0 saturated heterocycles. The quantitative estimate of drug-likeness (QED) is 0.633. The van der Waals surface area contributed by atoms with Crippen LogP contribution in [0.1, 0.15) is 38.7 Å². The molecule has 1 N–H and O–H groups in total. The summed E-state index contributed by atoms with van der Waals surface area (Å²) in [5.74, 6) is -6.28. The Morgan fingerprint density at radius 1 is 1.23 bits per heavy atom. The molecule has 0 aliphatic heterocycles. The van der Waals surface area contributed by atoms with Crippen LogP contribution in [-0.4, -0.2) is 41.6 Å². The molecule has 0 spiro atoms. The molecule has 4 atom stereocenters. The van der Waals surface area contributed by atoms with Crippen LogP contribution in [-0.2, 0) is 23.9 Å². The lowest BCUT2D eigenvalue weighted by Gasteiger charge is -2.43. The zero-order valence-electron chi connectivity index (χ0n) is 15.0. The first-order chi connectivity index (χ1) is 12.2. The molecular formula is C19H23FO6. The van der Waals surface area contributed by atoms with Gasteiger partial charge in [0.15, 0.2) is 5.78 Å². The molecule has 0 amide bonds. The third-order valence-electron chi connectivity index (χ3n) is 4.58. The fourth-order valence-corrected chi connectivity index (χ4v) is 3.59. The van der Waals surface area contributed by atoms with Gasteiger partial charge in [0.1, 0.15) is 11.7 Å². The van der Waals surface area contributed by atoms with Gasteiger partial charge in [0, 0.05) is 12.3 Å². The highest BCUT2D eigenvalue weighted by molar-refractivity contribution is 6.02. The Labute approximate surface area is 151 Å². The maximum Gasteiger partial charge on any atom is 0.317 e. The average Bonchev–Trinajstić information content (AvgIpc) is 2.53. The zero-order chi connectivity index (χ0) is 19.5. The summed E-state index contributed by atoms with van der Waals surface area (Å²) in [4.78, 5) is 37.6. The Morgan fingerprint density at radius 2 is 1.85 bits per heavy atom. The van der Waals surface area contributed by atoms with Crippen molar-refractivity contribution in [3.8, 4) is 0 Å². The average molecular weight is 366 g/mol. The molecule has 0 unspecified atom stereocenters. The number of carbonyl (C=O) groups excluding carboxylic acids is 3. The summed E-state index contributed by atoms with van der Waals surface area (Å²) in [7, 11) is 0. The number of ether oxygens (including phenoxy) is 2. The van der Waals surface area contributed by atoms with Crippen LogP contribution in [0, 0.1) is 17.7 Å². The normalized spacial score (nSPS) is 28.5. The standard InChI is InChI=1S/C19H23FO6/c1-4-25-17(22)15-13(21)10-19(3,24)16(18(23)26-5-2)14(15)11-7-6-8-12(20)9-11/h6-9,14-16,24H,4-5,10H2,1-3H3/t14-,15-,16-,19+/m1/s1. The predicted molar refractivity (Wildman–Crippen MR) is 89.6 cm³/mol. The molecule has 142 valence electrons. The molecular weight excluding hydrogens is 343 g/mol. The Morgan fingerprint density at radius 3 is 2.42 bits per heavy atom. The molecule has 1 fully saturated rings. The van der Waals surface area contributed by atoms with Gasteiger partial charge in [-0.1, -0.05) is 12.1 Å². The van der Waals surface area contributed by atoms with E-state index < -0.39 is 53.3 Å². The Kier molecular flexibility index (Phi) is 6.13. The van der Waals surface area contributed by atoms with Crippen molar-refractivity contribution in [2.24, 2.45) is 11.8 Å². The Balaban J connectivity index is 2.61. The molecule has 0 radical (unpaired) electrons. The monoisotopic (exact) mass is 366 g/mol. The van der Waals surface area contributed by atoms with Crippen LogP contribution in [0.2, 0.25) is 0 Å². The minimum absolute atomic E-state index is 0.0545. The summed E-state index contributed by atoms with van der Waals surface area (Å²) < 4.78 is 23.9. The number of benzene rings is 1. The Hall–Kier alpha value is -2.28. The van der Waals surface area contributed by atoms with E-state index in [0.717, 1.165) is 6.07 Å². The second-order valence-electron chi connectivity index (χ2n) is 6.54. The highest BCUT2D eigenvalue weighted by Crippen LogP contribution is 2.46. The number of hydrogen-bond donors (Lipinski definition) is 1. The molecule has 1 aromatic carbocycles. The van der Waals surface area contributed by atoms with Gasteiger partial charge in [0.05, 0.1) is 24.7 Å². The van der Waals surface area contributed by atoms with Crippen LogP contribution in [0.5, 0.6) is 0 Å². The lowest BCUT2D eigenvalue weighted by Crippen LogP contribution is -2.55. The summed E-state index contributed by atoms with van der Waals surface area (Å²) >= 11 is 0. The smallest absolute Gasteiger partial charge is 0.317 e. The first kappa shape index (κ1) is 20.0. The van der Waals surface area contributed by atoms with Gasteiger partial charge >= 0.3 is 11.9 Å². The molecule has 0 bridgehead atoms. The molecule has 0 aromatic heterocycles. The summed E-state index contributed by atoms with van der Waals surface area (Å²) in [5.41, 5.74) is -1.47. The fourth-order valence-electron chi connectivity index (χ4n) is 3.59. The lowest BCUT2D eigenvalue weighted by molar-refractivity contribution is -0.172. The van der Waals surface area contributed by atoms with Crippen LogP contribution < -0.4 is 0 Å². The van der Waals surface area contributed by atoms with Gasteiger partial charge in [-0.15, -0.1) is 0 Å². The summed E-state index contributed by atoms with van der Waals surface area (Å²) in [6, 6.07) is 5.30. The maximum absolute atomic E-state index is 13.8. The Bertz CT molecular complexity index is 699. The SMILES string of the molecule is CCOC(=O)[C@@H]1C(=O)C[C@](C)(O)[C@@H](C(=O)OCC)[C@@H]1c1cccc(F)c1. The first-order valence-electron chi connectivity index (χ1n) is 8.56. The number of esters is 2. The van der Waals surface area contributed by atoms with Gasteiger partial charge in [-0.05, 0) is 38.5 Å². The third-order valence-corrected chi connectivity index (χ3v) is 4.58. The molecule has 1 aromatic rings. The number of ketones is 1. The van der Waals surface area contributed by atoms with Gasteiger partial charge in [-0.3, -0.25) is 14.4 Å². The molecule has 1 saturated carbocycles. The van der Waals surface area contributed by atoms with E-state index in [-0.39, 0.29) is 18.8 Å². The van der Waals surface area contributed by atoms with Crippen LogP contribution in [0.4, 0.5) is 4.39 Å². The number of aliphatic hydroxyl groups is 1. The van der Waals surface area contributed by atoms with Crippen molar-refractivity contribution < 1.29 is 33.4 Å². The van der Waals surface area contributed by atoms with E-state index >= 15 is 0 Å². The summed E-state index contributed by atoms with van der Waals surface area (Å²) in [5, 5.41) is 10.8. The van der Waals surface area contributed by atoms with Gasteiger partial charge in [0.25, 0.3) is 0 Å². The van der Waals surface area contributed by atoms with E-state index in [4.69, 9.17) is 9.47 Å². The van der Waals surface area contributed by atoms with Gasteiger partial charge in [0.2, 0.25) is 0 Å². The number of hydrogen-bond acceptors (Lipinski definition) is 6. The molecule has 0 heterocycles. The van der Waals surface area contributed by atoms with Crippen molar-refractivity contribution in [1.82, 2.24) is 0 Å². The van der Waals surface area contributed by atoms with Crippen LogP contribution in [0.15, 0.2) is 24.3 Å². The summed E-state index contributed by atoms with van der Waals surface area (Å²) in [6.45, 7) is 4.68. The minimum atomic E-state index is -1.73. The van der Waals surface area contributed by atoms with E-state index in [9.17, 15) is 23.9 Å². The maximum atomic E-state index is 13.8. The highest BCUT2D eigenvalue weighted by atomic mass is 19.1. The van der Waals surface area contributed by atoms with Crippen LogP contribution in [0.25, 0.3) is 0 Å². The predicted octanol–water partition coefficient (Wildman–Crippen LogP) is 1.99. The van der Waals surface area contributed by atoms with Crippen LogP contribution in [0.3, 0.4) is 0 Å². The third kappa shape index (κ3) is 3.93. The van der Waals surface area contributed by atoms with Crippen molar-refractivity contribution in [3.05, 3.63) is 35.6 Å². The molecule has 1 aliphatic carbocycles. The topological polar surface area (TPSA) is 89.9 Å². The van der Waals surface area contributed by atoms with E-state index in [2.05, 4.69) is 0 Å². The number of halogens is 1. The van der Waals surface area contributed by atoms with Crippen molar-refractivity contribution >= 4 is 17.7 Å². The van der Waals surface area contributed by atoms with Crippen molar-refractivity contribution in [2.75, 3.05) is 13.2 Å². The van der Waals surface area contributed by atoms with Crippen molar-refractivity contribution in [3.63, 3.8) is 0 Å². The molecule has 6 nitrogen and oxygen atoms in total. The largest absolute Gasteiger partial charge is 0.466 e. The lowest BCUT2D eigenvalue weighted by atomic mass is 9.61. The molecule has 2 rings (SSSR count). The zero-order valence-corrected chi connectivity index (χ0v) is 15.0. The number of carbonyl (C=O) groups is 3. The second kappa shape index (κ2) is 7.95. The molecule has 26 heavy (non-hydrogen) atoms. The van der Waals surface area contributed by atoms with Gasteiger partial charge < -0.3 is 14.6 Å².